The Bertz CT molecular complexity index is 149. The number of carbonyl (C=O) groups is 1. The predicted octanol–water partition coefficient (Wildman–Crippen LogP) is 3.16. The minimum absolute atomic E-state index is 0.120. The summed E-state index contributed by atoms with van der Waals surface area (Å²) in [5.74, 6) is -1.40. The molecule has 0 saturated carbocycles. The molecule has 0 spiro atoms. The Hall–Kier alpha value is -0.670. The zero-order chi connectivity index (χ0) is 10.8. The third-order valence-electron chi connectivity index (χ3n) is 1.92. The zero-order valence-electron chi connectivity index (χ0n) is 8.60. The lowest BCUT2D eigenvalue weighted by molar-refractivity contribution is -0.156. The van der Waals surface area contributed by atoms with Gasteiger partial charge >= 0.3 is 12.4 Å². The molecule has 0 aliphatic carbocycles. The van der Waals surface area contributed by atoms with Crippen LogP contribution in [0.25, 0.3) is 0 Å². The average molecular weight is 208 g/mol. The molecule has 0 amide bonds. The quantitative estimate of drug-likeness (QED) is 0.452. The molecule has 0 heterocycles. The van der Waals surface area contributed by atoms with Gasteiger partial charge in [0.2, 0.25) is 0 Å². The fourth-order valence-electron chi connectivity index (χ4n) is 1.12. The van der Waals surface area contributed by atoms with Crippen LogP contribution in [0.15, 0.2) is 0 Å². The molecule has 2 nitrogen and oxygen atoms in total. The highest BCUT2D eigenvalue weighted by molar-refractivity contribution is 5.72. The van der Waals surface area contributed by atoms with Crippen LogP contribution < -0.4 is 0 Å². The summed E-state index contributed by atoms with van der Waals surface area (Å²) < 4.78 is 27.6. The fourth-order valence-corrected chi connectivity index (χ4v) is 1.12. The molecule has 0 rings (SSSR count). The summed E-state index contributed by atoms with van der Waals surface area (Å²) in [5, 5.41) is 0. The minimum Gasteiger partial charge on any atom is -0.461 e. The van der Waals surface area contributed by atoms with Gasteiger partial charge in [-0.05, 0) is 6.42 Å². The second kappa shape index (κ2) is 8.91. The number of alkyl halides is 2. The first-order valence-electron chi connectivity index (χ1n) is 5.13. The van der Waals surface area contributed by atoms with Crippen LogP contribution in [-0.2, 0) is 9.53 Å². The van der Waals surface area contributed by atoms with E-state index in [1.54, 1.807) is 0 Å². The first-order valence-corrected chi connectivity index (χ1v) is 5.13. The first-order chi connectivity index (χ1) is 6.68. The average Bonchev–Trinajstić information content (AvgIpc) is 2.16. The monoisotopic (exact) mass is 208 g/mol. The van der Waals surface area contributed by atoms with Crippen molar-refractivity contribution in [1.82, 2.24) is 0 Å². The summed E-state index contributed by atoms with van der Waals surface area (Å²) in [6.07, 6.45) is 3.27. The van der Waals surface area contributed by atoms with Crippen molar-refractivity contribution in [3.63, 3.8) is 0 Å². The number of halogens is 2. The van der Waals surface area contributed by atoms with E-state index in [1.165, 1.54) is 19.3 Å². The fraction of sp³-hybridized carbons (Fsp3) is 0.900. The smallest absolute Gasteiger partial charge is 0.373 e. The maximum Gasteiger partial charge on any atom is 0.373 e. The third kappa shape index (κ3) is 7.95. The van der Waals surface area contributed by atoms with Gasteiger partial charge < -0.3 is 4.74 Å². The van der Waals surface area contributed by atoms with Crippen molar-refractivity contribution < 1.29 is 18.3 Å². The van der Waals surface area contributed by atoms with E-state index in [-0.39, 0.29) is 6.61 Å². The number of hydrogen-bond donors (Lipinski definition) is 0. The van der Waals surface area contributed by atoms with Crippen molar-refractivity contribution >= 4 is 5.97 Å². The van der Waals surface area contributed by atoms with E-state index in [2.05, 4.69) is 11.7 Å². The van der Waals surface area contributed by atoms with Gasteiger partial charge in [0.05, 0.1) is 6.61 Å². The highest BCUT2D eigenvalue weighted by atomic mass is 19.3. The molecule has 0 radical (unpaired) electrons. The number of ether oxygens (including phenoxy) is 1. The summed E-state index contributed by atoms with van der Waals surface area (Å²) in [6.45, 7) is 2.25. The molecule has 0 unspecified atom stereocenters. The molecule has 0 N–H and O–H groups in total. The van der Waals surface area contributed by atoms with Gasteiger partial charge in [0.15, 0.2) is 0 Å². The Kier molecular flexibility index (Phi) is 8.48. The highest BCUT2D eigenvalue weighted by Gasteiger charge is 2.15. The molecular weight excluding hydrogens is 190 g/mol. The number of carbonyl (C=O) groups excluding carboxylic acids is 1. The van der Waals surface area contributed by atoms with Crippen LogP contribution in [0.1, 0.15) is 45.4 Å². The van der Waals surface area contributed by atoms with Crippen LogP contribution in [0.3, 0.4) is 0 Å². The lowest BCUT2D eigenvalue weighted by atomic mass is 10.1. The van der Waals surface area contributed by atoms with Gasteiger partial charge in [0.25, 0.3) is 0 Å². The van der Waals surface area contributed by atoms with Crippen molar-refractivity contribution in [3.8, 4) is 0 Å². The number of esters is 1. The van der Waals surface area contributed by atoms with Gasteiger partial charge in [-0.15, -0.1) is 0 Å². The van der Waals surface area contributed by atoms with E-state index in [0.29, 0.717) is 6.42 Å². The summed E-state index contributed by atoms with van der Waals surface area (Å²) >= 11 is 0. The largest absolute Gasteiger partial charge is 0.461 e. The SMILES string of the molecule is CCCCCCCCOC(=O)C(F)F. The molecule has 4 heteroatoms. The standard InChI is InChI=1S/C10H18F2O2/c1-2-3-4-5-6-7-8-14-10(13)9(11)12/h9H,2-8H2,1H3. The van der Waals surface area contributed by atoms with Crippen molar-refractivity contribution in [2.24, 2.45) is 0 Å². The van der Waals surface area contributed by atoms with Crippen molar-refractivity contribution in [3.05, 3.63) is 0 Å². The zero-order valence-corrected chi connectivity index (χ0v) is 8.60. The Morgan fingerprint density at radius 2 is 1.71 bits per heavy atom. The lowest BCUT2D eigenvalue weighted by Gasteiger charge is -2.03. The molecule has 0 atom stereocenters. The molecule has 0 fully saturated rings. The second-order valence-electron chi connectivity index (χ2n) is 3.24. The lowest BCUT2D eigenvalue weighted by Crippen LogP contribution is -2.14. The Morgan fingerprint density at radius 3 is 2.29 bits per heavy atom. The molecule has 0 aromatic heterocycles. The van der Waals surface area contributed by atoms with Crippen LogP contribution in [0.5, 0.6) is 0 Å². The van der Waals surface area contributed by atoms with E-state index in [4.69, 9.17) is 0 Å². The molecular formula is C10H18F2O2. The van der Waals surface area contributed by atoms with E-state index >= 15 is 0 Å². The van der Waals surface area contributed by atoms with Crippen LogP contribution in [0.4, 0.5) is 8.78 Å². The summed E-state index contributed by atoms with van der Waals surface area (Å²) in [5.41, 5.74) is 0. The predicted molar refractivity (Wildman–Crippen MR) is 50.3 cm³/mol. The summed E-state index contributed by atoms with van der Waals surface area (Å²) in [4.78, 5) is 10.3. The van der Waals surface area contributed by atoms with Gasteiger partial charge in [-0.2, -0.15) is 8.78 Å². The van der Waals surface area contributed by atoms with Crippen molar-refractivity contribution in [2.75, 3.05) is 6.61 Å². The first kappa shape index (κ1) is 13.3. The number of hydrogen-bond acceptors (Lipinski definition) is 2. The molecule has 0 bridgehead atoms. The van der Waals surface area contributed by atoms with E-state index < -0.39 is 12.4 Å². The summed E-state index contributed by atoms with van der Waals surface area (Å²) in [6, 6.07) is 0. The minimum atomic E-state index is -2.99. The maximum atomic E-state index is 11.6. The van der Waals surface area contributed by atoms with Gasteiger partial charge in [-0.25, -0.2) is 4.79 Å². The normalized spacial score (nSPS) is 10.6. The van der Waals surface area contributed by atoms with Gasteiger partial charge in [0.1, 0.15) is 0 Å². The molecule has 0 aliphatic heterocycles. The molecule has 0 aromatic rings. The Labute approximate surface area is 83.6 Å². The number of unbranched alkanes of at least 4 members (excludes halogenated alkanes) is 5. The van der Waals surface area contributed by atoms with Gasteiger partial charge in [-0.1, -0.05) is 39.0 Å². The molecule has 84 valence electrons. The number of rotatable bonds is 8. The van der Waals surface area contributed by atoms with Gasteiger partial charge in [0, 0.05) is 0 Å². The van der Waals surface area contributed by atoms with Crippen molar-refractivity contribution in [2.45, 2.75) is 51.9 Å². The maximum absolute atomic E-state index is 11.6. The Morgan fingerprint density at radius 1 is 1.14 bits per heavy atom. The van der Waals surface area contributed by atoms with E-state index in [0.717, 1.165) is 12.8 Å². The molecule has 0 aromatic carbocycles. The molecule has 0 saturated heterocycles. The second-order valence-corrected chi connectivity index (χ2v) is 3.24. The topological polar surface area (TPSA) is 26.3 Å². The highest BCUT2D eigenvalue weighted by Crippen LogP contribution is 2.05. The molecule has 14 heavy (non-hydrogen) atoms. The third-order valence-corrected chi connectivity index (χ3v) is 1.92. The van der Waals surface area contributed by atoms with Crippen LogP contribution in [-0.4, -0.2) is 19.0 Å². The van der Waals surface area contributed by atoms with Crippen LogP contribution in [0, 0.1) is 0 Å². The van der Waals surface area contributed by atoms with Crippen LogP contribution >= 0.6 is 0 Å². The van der Waals surface area contributed by atoms with Gasteiger partial charge in [-0.3, -0.25) is 0 Å². The molecule has 0 aliphatic rings. The van der Waals surface area contributed by atoms with Crippen molar-refractivity contribution in [1.29, 1.82) is 0 Å². The van der Waals surface area contributed by atoms with E-state index in [1.807, 2.05) is 0 Å². The van der Waals surface area contributed by atoms with Crippen LogP contribution in [0.2, 0.25) is 0 Å². The van der Waals surface area contributed by atoms with E-state index in [9.17, 15) is 13.6 Å². The summed E-state index contributed by atoms with van der Waals surface area (Å²) in [7, 11) is 0. The Balaban J connectivity index is 3.10.